The van der Waals surface area contributed by atoms with Gasteiger partial charge in [0.05, 0.1) is 13.2 Å². The second kappa shape index (κ2) is 7.05. The van der Waals surface area contributed by atoms with Gasteiger partial charge in [-0.25, -0.2) is 15.2 Å². The first-order chi connectivity index (χ1) is 8.15. The van der Waals surface area contributed by atoms with E-state index < -0.39 is 5.82 Å². The first-order valence-corrected chi connectivity index (χ1v) is 5.26. The molecule has 0 aromatic heterocycles. The van der Waals surface area contributed by atoms with Crippen molar-refractivity contribution in [1.82, 2.24) is 5.43 Å². The monoisotopic (exact) mass is 260 g/mol. The molecule has 0 fully saturated rings. The average Bonchev–Trinajstić information content (AvgIpc) is 2.26. The number of ether oxygens (including phenoxy) is 1. The quantitative estimate of drug-likeness (QED) is 0.251. The molecule has 1 aromatic rings. The number of guanidine groups is 1. The molecule has 5 nitrogen and oxygen atoms in total. The molecule has 94 valence electrons. The van der Waals surface area contributed by atoms with Gasteiger partial charge in [0.1, 0.15) is 5.82 Å². The second-order valence-electron chi connectivity index (χ2n) is 3.15. The van der Waals surface area contributed by atoms with Crippen molar-refractivity contribution >= 4 is 23.2 Å². The van der Waals surface area contributed by atoms with Crippen LogP contribution in [-0.4, -0.2) is 26.2 Å². The van der Waals surface area contributed by atoms with Crippen LogP contribution in [0, 0.1) is 5.82 Å². The largest absolute Gasteiger partial charge is 0.383 e. The molecule has 0 radical (unpaired) electrons. The summed E-state index contributed by atoms with van der Waals surface area (Å²) in [5.74, 6) is 5.14. The molecule has 0 aliphatic rings. The molecule has 0 saturated carbocycles. The van der Waals surface area contributed by atoms with E-state index in [1.54, 1.807) is 13.2 Å². The van der Waals surface area contributed by atoms with Crippen LogP contribution >= 0.6 is 11.6 Å². The minimum absolute atomic E-state index is 0.292. The molecule has 1 rings (SSSR count). The van der Waals surface area contributed by atoms with E-state index in [9.17, 15) is 4.39 Å². The zero-order valence-corrected chi connectivity index (χ0v) is 10.1. The number of rotatable bonds is 4. The zero-order chi connectivity index (χ0) is 12.7. The van der Waals surface area contributed by atoms with E-state index >= 15 is 0 Å². The molecule has 0 aliphatic carbocycles. The average molecular weight is 261 g/mol. The Balaban J connectivity index is 2.69. The summed E-state index contributed by atoms with van der Waals surface area (Å²) in [7, 11) is 1.57. The highest BCUT2D eigenvalue weighted by molar-refractivity contribution is 6.30. The Morgan fingerprint density at radius 3 is 2.88 bits per heavy atom. The number of hydrazine groups is 1. The molecule has 0 atom stereocenters. The lowest BCUT2D eigenvalue weighted by atomic mass is 10.3. The smallest absolute Gasteiger partial charge is 0.210 e. The first kappa shape index (κ1) is 13.7. The molecule has 0 saturated heterocycles. The van der Waals surface area contributed by atoms with Crippen molar-refractivity contribution < 1.29 is 9.13 Å². The number of anilines is 1. The van der Waals surface area contributed by atoms with Crippen molar-refractivity contribution in [3.05, 3.63) is 29.0 Å². The number of nitrogens with two attached hydrogens (primary N) is 1. The number of methoxy groups -OCH3 is 1. The summed E-state index contributed by atoms with van der Waals surface area (Å²) in [4.78, 5) is 4.07. The fourth-order valence-corrected chi connectivity index (χ4v) is 1.35. The van der Waals surface area contributed by atoms with Crippen LogP contribution in [0.4, 0.5) is 10.1 Å². The molecule has 4 N–H and O–H groups in total. The number of hydrogen-bond donors (Lipinski definition) is 3. The van der Waals surface area contributed by atoms with E-state index in [0.717, 1.165) is 0 Å². The van der Waals surface area contributed by atoms with Gasteiger partial charge in [0.25, 0.3) is 0 Å². The van der Waals surface area contributed by atoms with Gasteiger partial charge in [-0.2, -0.15) is 0 Å². The van der Waals surface area contributed by atoms with Crippen LogP contribution in [0.3, 0.4) is 0 Å². The molecule has 0 spiro atoms. The van der Waals surface area contributed by atoms with Crippen LogP contribution in [0.2, 0.25) is 5.02 Å². The van der Waals surface area contributed by atoms with Crippen molar-refractivity contribution in [2.24, 2.45) is 10.8 Å². The minimum atomic E-state index is -0.437. The Morgan fingerprint density at radius 1 is 1.53 bits per heavy atom. The topological polar surface area (TPSA) is 71.7 Å². The van der Waals surface area contributed by atoms with E-state index in [-0.39, 0.29) is 0 Å². The minimum Gasteiger partial charge on any atom is -0.383 e. The molecule has 0 amide bonds. The number of halogens is 2. The second-order valence-corrected chi connectivity index (χ2v) is 3.59. The van der Waals surface area contributed by atoms with Gasteiger partial charge >= 0.3 is 0 Å². The maximum atomic E-state index is 13.1. The maximum Gasteiger partial charge on any atom is 0.210 e. The van der Waals surface area contributed by atoms with Gasteiger partial charge in [0.2, 0.25) is 5.96 Å². The molecule has 0 aliphatic heterocycles. The van der Waals surface area contributed by atoms with Gasteiger partial charge in [0, 0.05) is 17.8 Å². The summed E-state index contributed by atoms with van der Waals surface area (Å²) < 4.78 is 17.9. The lowest BCUT2D eigenvalue weighted by Gasteiger charge is -2.09. The van der Waals surface area contributed by atoms with Crippen molar-refractivity contribution in [2.45, 2.75) is 0 Å². The fraction of sp³-hybridized carbons (Fsp3) is 0.300. The van der Waals surface area contributed by atoms with Crippen LogP contribution in [0.15, 0.2) is 23.2 Å². The van der Waals surface area contributed by atoms with Gasteiger partial charge in [-0.15, -0.1) is 0 Å². The Hall–Kier alpha value is -1.37. The van der Waals surface area contributed by atoms with Crippen LogP contribution in [0.5, 0.6) is 0 Å². The lowest BCUT2D eigenvalue weighted by Crippen LogP contribution is -2.36. The lowest BCUT2D eigenvalue weighted by molar-refractivity contribution is 0.208. The standard InChI is InChI=1S/C10H14ClFN4O/c1-17-3-2-14-10(16-13)15-9-5-7(11)4-8(12)6-9/h4-6H,2-3,13H2,1H3,(H2,14,15,16). The summed E-state index contributed by atoms with van der Waals surface area (Å²) in [6.45, 7) is 0.906. The highest BCUT2D eigenvalue weighted by Gasteiger charge is 2.01. The zero-order valence-electron chi connectivity index (χ0n) is 9.34. The molecule has 7 heteroatoms. The third kappa shape index (κ3) is 4.99. The van der Waals surface area contributed by atoms with Crippen LogP contribution in [-0.2, 0) is 4.74 Å². The maximum absolute atomic E-state index is 13.1. The molecule has 17 heavy (non-hydrogen) atoms. The molecule has 0 unspecified atom stereocenters. The molecular weight excluding hydrogens is 247 g/mol. The highest BCUT2D eigenvalue weighted by atomic mass is 35.5. The van der Waals surface area contributed by atoms with Crippen molar-refractivity contribution in [3.8, 4) is 0 Å². The Kier molecular flexibility index (Phi) is 5.68. The predicted octanol–water partition coefficient (Wildman–Crippen LogP) is 1.36. The molecule has 0 bridgehead atoms. The van der Waals surface area contributed by atoms with Gasteiger partial charge in [-0.1, -0.05) is 11.6 Å². The number of benzene rings is 1. The van der Waals surface area contributed by atoms with E-state index in [0.29, 0.717) is 29.8 Å². The van der Waals surface area contributed by atoms with Gasteiger partial charge in [-0.05, 0) is 18.2 Å². The van der Waals surface area contributed by atoms with Gasteiger partial charge in [0.15, 0.2) is 0 Å². The van der Waals surface area contributed by atoms with Crippen LogP contribution < -0.4 is 16.6 Å². The first-order valence-electron chi connectivity index (χ1n) is 4.89. The summed E-state index contributed by atoms with van der Waals surface area (Å²) in [5.41, 5.74) is 2.83. The van der Waals surface area contributed by atoms with Crippen molar-refractivity contribution in [1.29, 1.82) is 0 Å². The summed E-state index contributed by atoms with van der Waals surface area (Å²) in [5, 5.41) is 3.10. The van der Waals surface area contributed by atoms with Crippen molar-refractivity contribution in [3.63, 3.8) is 0 Å². The van der Waals surface area contributed by atoms with Gasteiger partial charge < -0.3 is 10.1 Å². The van der Waals surface area contributed by atoms with E-state index in [1.807, 2.05) is 0 Å². The fourth-order valence-electron chi connectivity index (χ4n) is 1.13. The summed E-state index contributed by atoms with van der Waals surface area (Å²) >= 11 is 5.71. The van der Waals surface area contributed by atoms with Crippen molar-refractivity contribution in [2.75, 3.05) is 25.6 Å². The highest BCUT2D eigenvalue weighted by Crippen LogP contribution is 2.17. The summed E-state index contributed by atoms with van der Waals surface area (Å²) in [6.07, 6.45) is 0. The molecular formula is C10H14ClFN4O. The van der Waals surface area contributed by atoms with E-state index in [4.69, 9.17) is 22.2 Å². The van der Waals surface area contributed by atoms with Crippen LogP contribution in [0.1, 0.15) is 0 Å². The number of nitrogens with one attached hydrogen (secondary N) is 2. The van der Waals surface area contributed by atoms with Crippen LogP contribution in [0.25, 0.3) is 0 Å². The third-order valence-corrected chi connectivity index (χ3v) is 2.05. The number of nitrogens with zero attached hydrogens (tertiary/aromatic N) is 1. The van der Waals surface area contributed by atoms with Gasteiger partial charge in [-0.3, -0.25) is 5.43 Å². The van der Waals surface area contributed by atoms with E-state index in [1.165, 1.54) is 12.1 Å². The Labute approximate surface area is 104 Å². The third-order valence-electron chi connectivity index (χ3n) is 1.83. The molecule has 0 heterocycles. The number of hydrogen-bond acceptors (Lipinski definition) is 3. The Morgan fingerprint density at radius 2 is 2.29 bits per heavy atom. The molecule has 1 aromatic carbocycles. The number of aliphatic imine (C=N–C) groups is 1. The summed E-state index contributed by atoms with van der Waals surface area (Å²) in [6, 6.07) is 4.06. The SMILES string of the molecule is COCCN=C(NN)Nc1cc(F)cc(Cl)c1. The normalized spacial score (nSPS) is 11.4. The Bertz CT molecular complexity index is 380. The predicted molar refractivity (Wildman–Crippen MR) is 66.5 cm³/mol. The van der Waals surface area contributed by atoms with E-state index in [2.05, 4.69) is 15.7 Å².